The lowest BCUT2D eigenvalue weighted by Gasteiger charge is -2.02. The maximum absolute atomic E-state index is 7.44. The zero-order valence-corrected chi connectivity index (χ0v) is 8.29. The normalized spacial score (nSPS) is 10.1. The van der Waals surface area contributed by atoms with Crippen molar-refractivity contribution in [2.75, 3.05) is 6.61 Å². The fourth-order valence-electron chi connectivity index (χ4n) is 1.16. The van der Waals surface area contributed by atoms with Crippen molar-refractivity contribution in [3.05, 3.63) is 29.6 Å². The van der Waals surface area contributed by atoms with Gasteiger partial charge in [0, 0.05) is 5.69 Å². The van der Waals surface area contributed by atoms with Crippen molar-refractivity contribution >= 4 is 5.71 Å². The van der Waals surface area contributed by atoms with Crippen LogP contribution in [0.1, 0.15) is 24.7 Å². The molecule has 1 aromatic rings. The quantitative estimate of drug-likeness (QED) is 0.420. The smallest absolute Gasteiger partial charge is 0.0837 e. The number of hydrogen-bond donors (Lipinski definition) is 2. The fraction of sp³-hybridized carbons (Fsp3) is 0.400. The Balaban J connectivity index is 2.59. The summed E-state index contributed by atoms with van der Waals surface area (Å²) < 4.78 is 0. The van der Waals surface area contributed by atoms with E-state index in [2.05, 4.69) is 9.82 Å². The van der Waals surface area contributed by atoms with Crippen LogP contribution >= 0.6 is 0 Å². The van der Waals surface area contributed by atoms with Gasteiger partial charge in [0.15, 0.2) is 0 Å². The van der Waals surface area contributed by atoms with Crippen molar-refractivity contribution in [2.24, 2.45) is 5.90 Å². The van der Waals surface area contributed by atoms with E-state index in [0.29, 0.717) is 12.3 Å². The van der Waals surface area contributed by atoms with Gasteiger partial charge in [0.25, 0.3) is 0 Å². The molecular weight excluding hydrogens is 178 g/mol. The van der Waals surface area contributed by atoms with E-state index in [1.54, 1.807) is 6.92 Å². The predicted molar refractivity (Wildman–Crippen MR) is 55.2 cm³/mol. The number of aromatic nitrogens is 1. The molecule has 76 valence electrons. The highest BCUT2D eigenvalue weighted by Gasteiger charge is 1.99. The topological polar surface area (TPSA) is 72.0 Å². The Morgan fingerprint density at radius 2 is 2.36 bits per heavy atom. The highest BCUT2D eigenvalue weighted by molar-refractivity contribution is 5.94. The van der Waals surface area contributed by atoms with Crippen molar-refractivity contribution in [2.45, 2.75) is 19.8 Å². The lowest BCUT2D eigenvalue weighted by Crippen LogP contribution is -2.04. The first-order valence-corrected chi connectivity index (χ1v) is 4.57. The SMILES string of the molecule is CC(=N)c1cccc(CCCON)n1. The average molecular weight is 193 g/mol. The minimum atomic E-state index is 0.488. The molecule has 0 amide bonds. The van der Waals surface area contributed by atoms with Crippen molar-refractivity contribution in [3.63, 3.8) is 0 Å². The summed E-state index contributed by atoms with van der Waals surface area (Å²) in [5.41, 5.74) is 2.20. The summed E-state index contributed by atoms with van der Waals surface area (Å²) in [5, 5.41) is 7.44. The second-order valence-corrected chi connectivity index (χ2v) is 3.11. The van der Waals surface area contributed by atoms with E-state index in [9.17, 15) is 0 Å². The van der Waals surface area contributed by atoms with Gasteiger partial charge < -0.3 is 10.2 Å². The molecule has 0 radical (unpaired) electrons. The molecule has 0 fully saturated rings. The average Bonchev–Trinajstić information content (AvgIpc) is 2.19. The third-order valence-electron chi connectivity index (χ3n) is 1.89. The van der Waals surface area contributed by atoms with Crippen LogP contribution in [0, 0.1) is 5.41 Å². The van der Waals surface area contributed by atoms with Gasteiger partial charge in [0.1, 0.15) is 0 Å². The van der Waals surface area contributed by atoms with Gasteiger partial charge >= 0.3 is 0 Å². The van der Waals surface area contributed by atoms with Crippen LogP contribution in [0.2, 0.25) is 0 Å². The number of hydrogen-bond acceptors (Lipinski definition) is 4. The Bertz CT molecular complexity index is 312. The first kappa shape index (κ1) is 10.8. The summed E-state index contributed by atoms with van der Waals surface area (Å²) in [4.78, 5) is 8.79. The maximum Gasteiger partial charge on any atom is 0.0837 e. The van der Waals surface area contributed by atoms with E-state index < -0.39 is 0 Å². The molecule has 1 aromatic heterocycles. The number of nitrogens with one attached hydrogen (secondary N) is 1. The van der Waals surface area contributed by atoms with Crippen LogP contribution in [0.15, 0.2) is 18.2 Å². The van der Waals surface area contributed by atoms with Gasteiger partial charge in [-0.15, -0.1) is 0 Å². The van der Waals surface area contributed by atoms with Gasteiger partial charge in [-0.05, 0) is 31.9 Å². The van der Waals surface area contributed by atoms with Crippen LogP contribution in [0.4, 0.5) is 0 Å². The van der Waals surface area contributed by atoms with Crippen LogP contribution in [0.25, 0.3) is 0 Å². The standard InChI is InChI=1S/C10H15N3O/c1-8(11)10-6-2-4-9(13-10)5-3-7-14-12/h2,4,6,11H,3,5,7,12H2,1H3. The molecular formula is C10H15N3O. The minimum Gasteiger partial charge on any atom is -0.305 e. The molecule has 1 rings (SSSR count). The summed E-state index contributed by atoms with van der Waals surface area (Å²) in [6.07, 6.45) is 1.68. The number of pyridine rings is 1. The molecule has 0 atom stereocenters. The predicted octanol–water partition coefficient (Wildman–Crippen LogP) is 1.29. The Hall–Kier alpha value is -1.26. The number of nitrogens with two attached hydrogens (primary N) is 1. The fourth-order valence-corrected chi connectivity index (χ4v) is 1.16. The van der Waals surface area contributed by atoms with Gasteiger partial charge in [-0.3, -0.25) is 4.98 Å². The number of nitrogens with zero attached hydrogens (tertiary/aromatic N) is 1. The third kappa shape index (κ3) is 3.24. The number of aryl methyl sites for hydroxylation is 1. The van der Waals surface area contributed by atoms with Crippen LogP contribution in [-0.4, -0.2) is 17.3 Å². The van der Waals surface area contributed by atoms with E-state index in [1.807, 2.05) is 18.2 Å². The summed E-state index contributed by atoms with van der Waals surface area (Å²) in [7, 11) is 0. The highest BCUT2D eigenvalue weighted by Crippen LogP contribution is 2.03. The van der Waals surface area contributed by atoms with Gasteiger partial charge in [0.2, 0.25) is 0 Å². The molecule has 0 saturated carbocycles. The van der Waals surface area contributed by atoms with Crippen LogP contribution in [0.3, 0.4) is 0 Å². The monoisotopic (exact) mass is 193 g/mol. The van der Waals surface area contributed by atoms with E-state index in [0.717, 1.165) is 24.2 Å². The van der Waals surface area contributed by atoms with Crippen LogP contribution in [0.5, 0.6) is 0 Å². The first-order chi connectivity index (χ1) is 6.74. The second-order valence-electron chi connectivity index (χ2n) is 3.11. The van der Waals surface area contributed by atoms with Crippen molar-refractivity contribution in [1.29, 1.82) is 5.41 Å². The maximum atomic E-state index is 7.44. The molecule has 0 saturated heterocycles. The van der Waals surface area contributed by atoms with E-state index >= 15 is 0 Å². The Kier molecular flexibility index (Phi) is 4.22. The third-order valence-corrected chi connectivity index (χ3v) is 1.89. The van der Waals surface area contributed by atoms with E-state index in [4.69, 9.17) is 11.3 Å². The van der Waals surface area contributed by atoms with Gasteiger partial charge in [-0.25, -0.2) is 5.90 Å². The Morgan fingerprint density at radius 1 is 1.57 bits per heavy atom. The van der Waals surface area contributed by atoms with E-state index in [-0.39, 0.29) is 0 Å². The molecule has 0 bridgehead atoms. The van der Waals surface area contributed by atoms with Crippen LogP contribution in [-0.2, 0) is 11.3 Å². The first-order valence-electron chi connectivity index (χ1n) is 4.57. The van der Waals surface area contributed by atoms with Crippen molar-refractivity contribution < 1.29 is 4.84 Å². The lowest BCUT2D eigenvalue weighted by molar-refractivity contribution is 0.135. The summed E-state index contributed by atoms with van der Waals surface area (Å²) in [5.74, 6) is 4.92. The number of rotatable bonds is 5. The Morgan fingerprint density at radius 3 is 3.00 bits per heavy atom. The molecule has 0 aromatic carbocycles. The highest BCUT2D eigenvalue weighted by atomic mass is 16.6. The van der Waals surface area contributed by atoms with Gasteiger partial charge in [-0.1, -0.05) is 6.07 Å². The largest absolute Gasteiger partial charge is 0.305 e. The molecule has 0 aliphatic heterocycles. The van der Waals surface area contributed by atoms with Gasteiger partial charge in [-0.2, -0.15) is 0 Å². The molecule has 0 aliphatic rings. The van der Waals surface area contributed by atoms with Crippen molar-refractivity contribution in [1.82, 2.24) is 4.98 Å². The molecule has 0 aliphatic carbocycles. The minimum absolute atomic E-state index is 0.488. The second kappa shape index (κ2) is 5.47. The summed E-state index contributed by atoms with van der Waals surface area (Å²) in [6.45, 7) is 2.27. The molecule has 3 N–H and O–H groups in total. The lowest BCUT2D eigenvalue weighted by atomic mass is 10.2. The van der Waals surface area contributed by atoms with Crippen molar-refractivity contribution in [3.8, 4) is 0 Å². The molecule has 0 unspecified atom stereocenters. The molecule has 4 heteroatoms. The van der Waals surface area contributed by atoms with E-state index in [1.165, 1.54) is 0 Å². The molecule has 4 nitrogen and oxygen atoms in total. The summed E-state index contributed by atoms with van der Waals surface area (Å²) >= 11 is 0. The Labute approximate surface area is 83.6 Å². The zero-order valence-electron chi connectivity index (χ0n) is 8.29. The molecule has 0 spiro atoms. The zero-order chi connectivity index (χ0) is 10.4. The molecule has 14 heavy (non-hydrogen) atoms. The van der Waals surface area contributed by atoms with Gasteiger partial charge in [0.05, 0.1) is 18.0 Å². The summed E-state index contributed by atoms with van der Waals surface area (Å²) in [6, 6.07) is 5.70. The van der Waals surface area contributed by atoms with Crippen LogP contribution < -0.4 is 5.90 Å². The molecule has 1 heterocycles.